The van der Waals surface area contributed by atoms with Crippen molar-refractivity contribution < 1.29 is 4.74 Å². The largest absolute Gasteiger partial charge is 0.383 e. The van der Waals surface area contributed by atoms with E-state index >= 15 is 0 Å². The highest BCUT2D eigenvalue weighted by atomic mass is 16.5. The van der Waals surface area contributed by atoms with Gasteiger partial charge in [-0.2, -0.15) is 0 Å². The minimum atomic E-state index is 0.00802. The molecule has 0 amide bonds. The predicted molar refractivity (Wildman–Crippen MR) is 108 cm³/mol. The summed E-state index contributed by atoms with van der Waals surface area (Å²) in [5, 5.41) is 0.625. The van der Waals surface area contributed by atoms with Crippen molar-refractivity contribution in [2.24, 2.45) is 11.8 Å². The van der Waals surface area contributed by atoms with Crippen LogP contribution in [0.15, 0.2) is 23.3 Å². The lowest BCUT2D eigenvalue weighted by Gasteiger charge is -2.40. The van der Waals surface area contributed by atoms with Crippen LogP contribution in [0, 0.1) is 11.8 Å². The molecule has 0 radical (unpaired) electrons. The molecule has 3 heterocycles. The Morgan fingerprint density at radius 2 is 2.04 bits per heavy atom. The number of aromatic nitrogens is 3. The van der Waals surface area contributed by atoms with E-state index in [1.165, 1.54) is 6.42 Å². The van der Waals surface area contributed by atoms with E-state index in [1.807, 2.05) is 4.57 Å². The number of methoxy groups -OCH3 is 1. The average molecular weight is 373 g/mol. The van der Waals surface area contributed by atoms with Crippen LogP contribution in [0.2, 0.25) is 0 Å². The Bertz CT molecular complexity index is 809. The zero-order valence-corrected chi connectivity index (χ0v) is 17.0. The average Bonchev–Trinajstić information content (AvgIpc) is 2.64. The van der Waals surface area contributed by atoms with E-state index in [-0.39, 0.29) is 11.6 Å². The number of likely N-dealkylation sites (tertiary alicyclic amines) is 1. The molecule has 0 bridgehead atoms. The second-order valence-electron chi connectivity index (χ2n) is 8.02. The third-order valence-electron chi connectivity index (χ3n) is 5.50. The molecule has 3 atom stereocenters. The molecule has 1 fully saturated rings. The van der Waals surface area contributed by atoms with Gasteiger partial charge in [0.2, 0.25) is 0 Å². The summed E-state index contributed by atoms with van der Waals surface area (Å²) in [6, 6.07) is 1.91. The molecule has 148 valence electrons. The molecule has 0 aliphatic carbocycles. The van der Waals surface area contributed by atoms with Crippen LogP contribution in [0.5, 0.6) is 0 Å². The van der Waals surface area contributed by atoms with Crippen molar-refractivity contribution >= 4 is 10.9 Å². The van der Waals surface area contributed by atoms with Crippen LogP contribution in [0.1, 0.15) is 51.9 Å². The SMILES string of the molecule is CCCC(c1nc2cnccc2c(=O)n1CCOC)N1C[C@H](C)C[C@H](C)C1. The van der Waals surface area contributed by atoms with Gasteiger partial charge in [0.15, 0.2) is 0 Å². The topological polar surface area (TPSA) is 60.3 Å². The molecule has 0 saturated carbocycles. The summed E-state index contributed by atoms with van der Waals surface area (Å²) < 4.78 is 7.10. The Hall–Kier alpha value is -1.79. The number of hydrogen-bond acceptors (Lipinski definition) is 5. The predicted octanol–water partition coefficient (Wildman–Crippen LogP) is 3.26. The molecular weight excluding hydrogens is 340 g/mol. The Morgan fingerprint density at radius 3 is 2.70 bits per heavy atom. The monoisotopic (exact) mass is 372 g/mol. The second kappa shape index (κ2) is 8.93. The van der Waals surface area contributed by atoms with Crippen molar-refractivity contribution in [1.82, 2.24) is 19.4 Å². The summed E-state index contributed by atoms with van der Waals surface area (Å²) in [5.41, 5.74) is 0.694. The van der Waals surface area contributed by atoms with Crippen LogP contribution in [0.25, 0.3) is 10.9 Å². The fourth-order valence-electron chi connectivity index (χ4n) is 4.46. The smallest absolute Gasteiger partial charge is 0.261 e. The van der Waals surface area contributed by atoms with Crippen molar-refractivity contribution in [2.45, 2.75) is 52.6 Å². The van der Waals surface area contributed by atoms with Crippen molar-refractivity contribution in [3.8, 4) is 0 Å². The molecule has 0 aromatic carbocycles. The van der Waals surface area contributed by atoms with Crippen LogP contribution in [-0.4, -0.2) is 46.2 Å². The summed E-state index contributed by atoms with van der Waals surface area (Å²) in [6.45, 7) is 9.97. The van der Waals surface area contributed by atoms with Crippen LogP contribution in [0.4, 0.5) is 0 Å². The zero-order valence-electron chi connectivity index (χ0n) is 17.0. The first-order chi connectivity index (χ1) is 13.0. The van der Waals surface area contributed by atoms with Gasteiger partial charge in [-0.3, -0.25) is 19.2 Å². The van der Waals surface area contributed by atoms with Gasteiger partial charge in [0, 0.05) is 26.4 Å². The first-order valence-corrected chi connectivity index (χ1v) is 10.1. The maximum Gasteiger partial charge on any atom is 0.261 e. The molecule has 6 nitrogen and oxygen atoms in total. The molecule has 1 aliphatic rings. The first-order valence-electron chi connectivity index (χ1n) is 10.1. The van der Waals surface area contributed by atoms with Gasteiger partial charge in [0.05, 0.1) is 36.3 Å². The van der Waals surface area contributed by atoms with Crippen molar-refractivity contribution in [3.63, 3.8) is 0 Å². The van der Waals surface area contributed by atoms with Crippen molar-refractivity contribution in [2.75, 3.05) is 26.8 Å². The molecule has 6 heteroatoms. The van der Waals surface area contributed by atoms with Gasteiger partial charge in [-0.25, -0.2) is 4.98 Å². The molecule has 27 heavy (non-hydrogen) atoms. The van der Waals surface area contributed by atoms with Crippen molar-refractivity contribution in [3.05, 3.63) is 34.6 Å². The van der Waals surface area contributed by atoms with Gasteiger partial charge in [-0.1, -0.05) is 27.2 Å². The number of hydrogen-bond donors (Lipinski definition) is 0. The van der Waals surface area contributed by atoms with Gasteiger partial charge in [-0.15, -0.1) is 0 Å². The lowest BCUT2D eigenvalue weighted by atomic mass is 9.90. The number of ether oxygens (including phenoxy) is 1. The Morgan fingerprint density at radius 1 is 1.30 bits per heavy atom. The Labute approximate surface area is 161 Å². The second-order valence-corrected chi connectivity index (χ2v) is 8.02. The number of rotatable bonds is 7. The Kier molecular flexibility index (Phi) is 6.60. The third-order valence-corrected chi connectivity index (χ3v) is 5.50. The van der Waals surface area contributed by atoms with Gasteiger partial charge in [-0.05, 0) is 30.7 Å². The summed E-state index contributed by atoms with van der Waals surface area (Å²) in [7, 11) is 1.67. The van der Waals surface area contributed by atoms with E-state index in [2.05, 4.69) is 30.7 Å². The number of fused-ring (bicyclic) bond motifs is 1. The van der Waals surface area contributed by atoms with E-state index in [9.17, 15) is 4.79 Å². The molecule has 0 spiro atoms. The standard InChI is InChI=1S/C21H32N4O2/c1-5-6-19(24-13-15(2)11-16(3)14-24)20-23-18-12-22-8-7-17(18)21(26)25(20)9-10-27-4/h7-8,12,15-16,19H,5-6,9-11,13-14H2,1-4H3/t15-,16+,19?. The minimum absolute atomic E-state index is 0.00802. The van der Waals surface area contributed by atoms with Crippen molar-refractivity contribution in [1.29, 1.82) is 0 Å². The maximum absolute atomic E-state index is 13.2. The number of piperidine rings is 1. The zero-order chi connectivity index (χ0) is 19.4. The summed E-state index contributed by atoms with van der Waals surface area (Å²) in [6.07, 6.45) is 6.66. The van der Waals surface area contributed by atoms with E-state index < -0.39 is 0 Å². The normalized spacial score (nSPS) is 22.2. The fraction of sp³-hybridized carbons (Fsp3) is 0.667. The van der Waals surface area contributed by atoms with Crippen LogP contribution >= 0.6 is 0 Å². The maximum atomic E-state index is 13.2. The summed E-state index contributed by atoms with van der Waals surface area (Å²) in [4.78, 5) is 24.9. The molecule has 2 aromatic heterocycles. The minimum Gasteiger partial charge on any atom is -0.383 e. The highest BCUT2D eigenvalue weighted by molar-refractivity contribution is 5.76. The van der Waals surface area contributed by atoms with Gasteiger partial charge in [0.25, 0.3) is 5.56 Å². The third kappa shape index (κ3) is 4.38. The van der Waals surface area contributed by atoms with Gasteiger partial charge < -0.3 is 4.74 Å². The molecule has 1 unspecified atom stereocenters. The summed E-state index contributed by atoms with van der Waals surface area (Å²) in [5.74, 6) is 2.18. The summed E-state index contributed by atoms with van der Waals surface area (Å²) >= 11 is 0. The lowest BCUT2D eigenvalue weighted by Crippen LogP contribution is -2.43. The van der Waals surface area contributed by atoms with Gasteiger partial charge >= 0.3 is 0 Å². The van der Waals surface area contributed by atoms with E-state index in [0.717, 1.165) is 31.8 Å². The molecule has 0 N–H and O–H groups in total. The number of pyridine rings is 1. The molecule has 1 saturated heterocycles. The highest BCUT2D eigenvalue weighted by Gasteiger charge is 2.31. The molecule has 2 aromatic rings. The first kappa shape index (κ1) is 20.0. The fourth-order valence-corrected chi connectivity index (χ4v) is 4.46. The van der Waals surface area contributed by atoms with Crippen LogP contribution in [0.3, 0.4) is 0 Å². The lowest BCUT2D eigenvalue weighted by molar-refractivity contribution is 0.0822. The quantitative estimate of drug-likeness (QED) is 0.747. The van der Waals surface area contributed by atoms with Crippen LogP contribution in [-0.2, 0) is 11.3 Å². The van der Waals surface area contributed by atoms with Gasteiger partial charge in [0.1, 0.15) is 5.82 Å². The molecular formula is C21H32N4O2. The van der Waals surface area contributed by atoms with E-state index in [4.69, 9.17) is 9.72 Å². The number of nitrogens with zero attached hydrogens (tertiary/aromatic N) is 4. The van der Waals surface area contributed by atoms with Crippen LogP contribution < -0.4 is 5.56 Å². The highest BCUT2D eigenvalue weighted by Crippen LogP contribution is 2.31. The molecule has 1 aliphatic heterocycles. The van der Waals surface area contributed by atoms with E-state index in [1.54, 1.807) is 25.6 Å². The Balaban J connectivity index is 2.10. The van der Waals surface area contributed by atoms with E-state index in [0.29, 0.717) is 35.9 Å². The molecule has 3 rings (SSSR count).